The van der Waals surface area contributed by atoms with Crippen LogP contribution in [-0.2, 0) is 10.2 Å². The fraction of sp³-hybridized carbons (Fsp3) is 0.500. The van der Waals surface area contributed by atoms with Crippen LogP contribution in [0, 0.1) is 0 Å². The van der Waals surface area contributed by atoms with Gasteiger partial charge in [-0.15, -0.1) is 0 Å². The van der Waals surface area contributed by atoms with E-state index < -0.39 is 3.79 Å². The Kier molecular flexibility index (Phi) is 3.81. The highest BCUT2D eigenvalue weighted by Gasteiger charge is 2.27. The average molecular weight is 255 g/mol. The summed E-state index contributed by atoms with van der Waals surface area (Å²) in [6.07, 6.45) is 3.15. The van der Waals surface area contributed by atoms with Crippen molar-refractivity contribution in [3.05, 3.63) is 17.7 Å². The molecule has 1 heterocycles. The number of aryl methyl sites for hydroxylation is 1. The highest BCUT2D eigenvalue weighted by molar-refractivity contribution is 6.66. The minimum atomic E-state index is -1.59. The van der Waals surface area contributed by atoms with Crippen LogP contribution < -0.4 is 5.73 Å². The lowest BCUT2D eigenvalue weighted by molar-refractivity contribution is 0.844. The van der Waals surface area contributed by atoms with Crippen LogP contribution in [0.15, 0.2) is 6.20 Å². The summed E-state index contributed by atoms with van der Waals surface area (Å²) in [6, 6.07) is 0. The van der Waals surface area contributed by atoms with E-state index in [1.807, 2.05) is 6.92 Å². The lowest BCUT2D eigenvalue weighted by atomic mass is 10.2. The number of hydrogen-bond donors (Lipinski definition) is 1. The van der Waals surface area contributed by atoms with Crippen molar-refractivity contribution in [1.29, 1.82) is 0 Å². The maximum absolute atomic E-state index is 5.66. The first kappa shape index (κ1) is 11.8. The van der Waals surface area contributed by atoms with E-state index in [0.29, 0.717) is 5.69 Å². The summed E-state index contributed by atoms with van der Waals surface area (Å²) in [4.78, 5) is 7.96. The van der Waals surface area contributed by atoms with Gasteiger partial charge in [-0.1, -0.05) is 48.1 Å². The molecule has 0 radical (unpaired) electrons. The summed E-state index contributed by atoms with van der Waals surface area (Å²) in [6.45, 7) is 2.02. The minimum absolute atomic E-state index is 0.167. The molecule has 0 aliphatic heterocycles. The first-order valence-electron chi connectivity index (χ1n) is 4.13. The molecular weight excluding hydrogens is 244 g/mol. The number of rotatable bonds is 2. The maximum Gasteiger partial charge on any atom is 0.250 e. The van der Waals surface area contributed by atoms with Gasteiger partial charge < -0.3 is 5.73 Å². The second kappa shape index (κ2) is 4.51. The summed E-state index contributed by atoms with van der Waals surface area (Å²) in [5.74, 6) is 0.167. The van der Waals surface area contributed by atoms with Gasteiger partial charge in [-0.25, -0.2) is 9.97 Å². The molecule has 0 saturated carbocycles. The van der Waals surface area contributed by atoms with Crippen LogP contribution in [0.2, 0.25) is 0 Å². The van der Waals surface area contributed by atoms with Crippen molar-refractivity contribution in [3.8, 4) is 0 Å². The number of aromatic nitrogens is 2. The van der Waals surface area contributed by atoms with Gasteiger partial charge in [0, 0.05) is 0 Å². The number of nitrogen functional groups attached to an aromatic ring is 1. The zero-order valence-electron chi connectivity index (χ0n) is 7.60. The van der Waals surface area contributed by atoms with Crippen molar-refractivity contribution >= 4 is 40.5 Å². The Labute approximate surface area is 97.6 Å². The third kappa shape index (κ3) is 2.87. The molecule has 0 aromatic carbocycles. The van der Waals surface area contributed by atoms with Crippen molar-refractivity contribution < 1.29 is 0 Å². The Balaban J connectivity index is 3.06. The normalized spacial score (nSPS) is 11.7. The van der Waals surface area contributed by atoms with Crippen LogP contribution in [0.3, 0.4) is 0 Å². The third-order valence-electron chi connectivity index (χ3n) is 1.64. The number of hydrogen-bond acceptors (Lipinski definition) is 3. The van der Waals surface area contributed by atoms with Crippen LogP contribution in [0.1, 0.15) is 24.9 Å². The van der Waals surface area contributed by atoms with Gasteiger partial charge in [0.25, 0.3) is 0 Å². The molecule has 1 rings (SSSR count). The lowest BCUT2D eigenvalue weighted by Gasteiger charge is -2.11. The number of alkyl halides is 3. The first-order valence-corrected chi connectivity index (χ1v) is 5.27. The fourth-order valence-electron chi connectivity index (χ4n) is 1.00. The molecule has 1 aromatic heterocycles. The van der Waals surface area contributed by atoms with Crippen molar-refractivity contribution in [2.45, 2.75) is 23.6 Å². The van der Waals surface area contributed by atoms with Gasteiger partial charge >= 0.3 is 0 Å². The van der Waals surface area contributed by atoms with Crippen LogP contribution in [0.4, 0.5) is 5.69 Å². The maximum atomic E-state index is 5.66. The third-order valence-corrected chi connectivity index (χ3v) is 2.15. The Morgan fingerprint density at radius 2 is 2.07 bits per heavy atom. The van der Waals surface area contributed by atoms with Gasteiger partial charge in [0.1, 0.15) is 0 Å². The highest BCUT2D eigenvalue weighted by atomic mass is 35.6. The van der Waals surface area contributed by atoms with Crippen LogP contribution in [0.25, 0.3) is 0 Å². The predicted octanol–water partition coefficient (Wildman–Crippen LogP) is 2.84. The van der Waals surface area contributed by atoms with Crippen molar-refractivity contribution in [2.24, 2.45) is 0 Å². The van der Waals surface area contributed by atoms with Gasteiger partial charge in [-0.05, 0) is 6.42 Å². The van der Waals surface area contributed by atoms with E-state index >= 15 is 0 Å². The largest absolute Gasteiger partial charge is 0.396 e. The number of anilines is 1. The van der Waals surface area contributed by atoms with Crippen molar-refractivity contribution in [2.75, 3.05) is 5.73 Å². The van der Waals surface area contributed by atoms with Crippen LogP contribution >= 0.6 is 34.8 Å². The summed E-state index contributed by atoms with van der Waals surface area (Å²) in [7, 11) is 0. The van der Waals surface area contributed by atoms with Gasteiger partial charge in [0.05, 0.1) is 17.6 Å². The molecule has 0 aliphatic carbocycles. The molecule has 0 atom stereocenters. The van der Waals surface area contributed by atoms with Gasteiger partial charge in [-0.2, -0.15) is 0 Å². The zero-order valence-corrected chi connectivity index (χ0v) is 9.87. The predicted molar refractivity (Wildman–Crippen MR) is 59.7 cm³/mol. The number of nitrogens with zero attached hydrogens (tertiary/aromatic N) is 2. The van der Waals surface area contributed by atoms with Crippen LogP contribution in [0.5, 0.6) is 0 Å². The van der Waals surface area contributed by atoms with E-state index in [4.69, 9.17) is 40.5 Å². The quantitative estimate of drug-likeness (QED) is 0.826. The molecular formula is C8H10Cl3N3. The van der Waals surface area contributed by atoms with Gasteiger partial charge in [0.15, 0.2) is 5.82 Å². The monoisotopic (exact) mass is 253 g/mol. The van der Waals surface area contributed by atoms with E-state index in [-0.39, 0.29) is 5.82 Å². The molecule has 0 fully saturated rings. The average Bonchev–Trinajstić information content (AvgIpc) is 2.07. The Morgan fingerprint density at radius 3 is 2.57 bits per heavy atom. The standard InChI is InChI=1S/C8H10Cl3N3/c1-2-3-6-5(12)4-13-7(14-6)8(9,10)11/h4H,2-3,12H2,1H3. The van der Waals surface area contributed by atoms with Gasteiger partial charge in [0.2, 0.25) is 3.79 Å². The summed E-state index contributed by atoms with van der Waals surface area (Å²) >= 11 is 16.9. The smallest absolute Gasteiger partial charge is 0.250 e. The zero-order chi connectivity index (χ0) is 10.8. The molecule has 1 aromatic rings. The van der Waals surface area contributed by atoms with Crippen molar-refractivity contribution in [1.82, 2.24) is 9.97 Å². The van der Waals surface area contributed by atoms with E-state index in [0.717, 1.165) is 18.5 Å². The summed E-state index contributed by atoms with van der Waals surface area (Å²) in [5, 5.41) is 0. The van der Waals surface area contributed by atoms with Gasteiger partial charge in [-0.3, -0.25) is 0 Å². The van der Waals surface area contributed by atoms with E-state index in [1.54, 1.807) is 0 Å². The molecule has 6 heteroatoms. The number of nitrogens with two attached hydrogens (primary N) is 1. The van der Waals surface area contributed by atoms with Crippen molar-refractivity contribution in [3.63, 3.8) is 0 Å². The van der Waals surface area contributed by atoms with E-state index in [2.05, 4.69) is 9.97 Å². The molecule has 2 N–H and O–H groups in total. The highest BCUT2D eigenvalue weighted by Crippen LogP contribution is 2.36. The molecule has 0 spiro atoms. The molecule has 0 aliphatic rings. The topological polar surface area (TPSA) is 51.8 Å². The SMILES string of the molecule is CCCc1nc(C(Cl)(Cl)Cl)ncc1N. The molecule has 0 saturated heterocycles. The fourth-order valence-corrected chi connectivity index (χ4v) is 1.27. The van der Waals surface area contributed by atoms with E-state index in [9.17, 15) is 0 Å². The molecule has 0 amide bonds. The molecule has 0 unspecified atom stereocenters. The second-order valence-corrected chi connectivity index (χ2v) is 5.12. The summed E-state index contributed by atoms with van der Waals surface area (Å²) in [5.41, 5.74) is 6.92. The molecule has 0 bridgehead atoms. The number of halogens is 3. The Bertz CT molecular complexity index is 322. The van der Waals surface area contributed by atoms with E-state index in [1.165, 1.54) is 6.20 Å². The molecule has 3 nitrogen and oxygen atoms in total. The second-order valence-electron chi connectivity index (χ2n) is 2.84. The lowest BCUT2D eigenvalue weighted by Crippen LogP contribution is -2.10. The van der Waals surface area contributed by atoms with Crippen LogP contribution in [-0.4, -0.2) is 9.97 Å². The molecule has 14 heavy (non-hydrogen) atoms. The minimum Gasteiger partial charge on any atom is -0.396 e. The molecule has 78 valence electrons. The Morgan fingerprint density at radius 1 is 1.43 bits per heavy atom. The summed E-state index contributed by atoms with van der Waals surface area (Å²) < 4.78 is -1.59. The first-order chi connectivity index (χ1) is 6.45. The Hall–Kier alpha value is -0.250.